The van der Waals surface area contributed by atoms with Gasteiger partial charge in [0.1, 0.15) is 0 Å². The minimum absolute atomic E-state index is 0.365. The molecule has 1 aromatic carbocycles. The van der Waals surface area contributed by atoms with Crippen LogP contribution in [0.4, 0.5) is 0 Å². The maximum Gasteiger partial charge on any atom is 0.193 e. The van der Waals surface area contributed by atoms with Gasteiger partial charge in [0.2, 0.25) is 0 Å². The minimum Gasteiger partial charge on any atom is -0.381 e. The van der Waals surface area contributed by atoms with Crippen LogP contribution in [-0.4, -0.2) is 55.2 Å². The molecule has 0 aliphatic carbocycles. The number of guanidine groups is 1. The van der Waals surface area contributed by atoms with Gasteiger partial charge in [-0.2, -0.15) is 0 Å². The summed E-state index contributed by atoms with van der Waals surface area (Å²) >= 11 is 0. The van der Waals surface area contributed by atoms with E-state index in [-0.39, 0.29) is 0 Å². The van der Waals surface area contributed by atoms with Crippen molar-refractivity contribution in [3.05, 3.63) is 35.5 Å². The molecule has 2 aromatic rings. The number of nitrogens with one attached hydrogen (secondary N) is 2. The smallest absolute Gasteiger partial charge is 0.193 e. The highest BCUT2D eigenvalue weighted by atomic mass is 16.5. The number of aromatic amines is 1. The number of aromatic nitrogens is 1. The molecule has 0 saturated carbocycles. The number of benzene rings is 1. The molecule has 0 bridgehead atoms. The number of aryl methyl sites for hydroxylation is 1. The molecule has 2 fully saturated rings. The van der Waals surface area contributed by atoms with Crippen molar-refractivity contribution in [1.82, 2.24) is 15.2 Å². The summed E-state index contributed by atoms with van der Waals surface area (Å²) in [5.74, 6) is 1.06. The zero-order valence-electron chi connectivity index (χ0n) is 16.0. The summed E-state index contributed by atoms with van der Waals surface area (Å²) in [6.45, 7) is 10.0. The first-order valence-electron chi connectivity index (χ1n) is 9.88. The second kappa shape index (κ2) is 7.31. The molecule has 1 aromatic heterocycles. The fourth-order valence-electron chi connectivity index (χ4n) is 4.44. The van der Waals surface area contributed by atoms with Gasteiger partial charge in [-0.15, -0.1) is 0 Å². The highest BCUT2D eigenvalue weighted by Gasteiger charge is 2.42. The van der Waals surface area contributed by atoms with Crippen LogP contribution in [0, 0.1) is 12.3 Å². The summed E-state index contributed by atoms with van der Waals surface area (Å²) in [5, 5.41) is 4.82. The van der Waals surface area contributed by atoms with Crippen LogP contribution in [0.3, 0.4) is 0 Å². The molecule has 0 amide bonds. The van der Waals surface area contributed by atoms with Gasteiger partial charge in [-0.05, 0) is 44.7 Å². The molecule has 1 atom stereocenters. The van der Waals surface area contributed by atoms with Crippen LogP contribution in [0.25, 0.3) is 10.9 Å². The standard InChI is InChI=1S/C21H30N4O/c1-3-22-20(25-12-9-21(14-25)10-13-26-15-21)23-11-8-17-16(2)24-19-7-5-4-6-18(17)19/h4-7,24H,3,8-15H2,1-2H3,(H,22,23). The second-order valence-corrected chi connectivity index (χ2v) is 7.73. The second-order valence-electron chi connectivity index (χ2n) is 7.73. The molecule has 5 heteroatoms. The Kier molecular flexibility index (Phi) is 4.90. The SMILES string of the molecule is CCNC(=NCCc1c(C)[nH]c2ccccc12)N1CCC2(CCOC2)C1. The number of para-hydroxylation sites is 1. The first-order chi connectivity index (χ1) is 12.7. The number of nitrogens with zero attached hydrogens (tertiary/aromatic N) is 2. The first-order valence-corrected chi connectivity index (χ1v) is 9.88. The minimum atomic E-state index is 0.365. The van der Waals surface area contributed by atoms with Crippen LogP contribution in [0.1, 0.15) is 31.0 Å². The highest BCUT2D eigenvalue weighted by Crippen LogP contribution is 2.38. The number of fused-ring (bicyclic) bond motifs is 1. The van der Waals surface area contributed by atoms with Gasteiger partial charge in [0, 0.05) is 54.8 Å². The molecule has 26 heavy (non-hydrogen) atoms. The van der Waals surface area contributed by atoms with E-state index in [2.05, 4.69) is 53.3 Å². The van der Waals surface area contributed by atoms with Crippen LogP contribution in [0.15, 0.2) is 29.3 Å². The van der Waals surface area contributed by atoms with Crippen molar-refractivity contribution >= 4 is 16.9 Å². The van der Waals surface area contributed by atoms with E-state index in [1.165, 1.54) is 35.0 Å². The van der Waals surface area contributed by atoms with Crippen LogP contribution in [0.5, 0.6) is 0 Å². The quantitative estimate of drug-likeness (QED) is 0.655. The van der Waals surface area contributed by atoms with Gasteiger partial charge in [0.25, 0.3) is 0 Å². The van der Waals surface area contributed by atoms with E-state index < -0.39 is 0 Å². The van der Waals surface area contributed by atoms with Crippen molar-refractivity contribution < 1.29 is 4.74 Å². The fraction of sp³-hybridized carbons (Fsp3) is 0.571. The summed E-state index contributed by atoms with van der Waals surface area (Å²) in [4.78, 5) is 10.9. The number of hydrogen-bond acceptors (Lipinski definition) is 2. The Morgan fingerprint density at radius 1 is 1.35 bits per heavy atom. The van der Waals surface area contributed by atoms with Crippen LogP contribution >= 0.6 is 0 Å². The molecule has 140 valence electrons. The molecular formula is C21H30N4O. The van der Waals surface area contributed by atoms with Crippen molar-refractivity contribution in [2.24, 2.45) is 10.4 Å². The molecule has 3 heterocycles. The van der Waals surface area contributed by atoms with Gasteiger partial charge in [-0.25, -0.2) is 0 Å². The average Bonchev–Trinajstić information content (AvgIpc) is 3.35. The number of likely N-dealkylation sites (tertiary alicyclic amines) is 1. The van der Waals surface area contributed by atoms with Crippen molar-refractivity contribution in [1.29, 1.82) is 0 Å². The largest absolute Gasteiger partial charge is 0.381 e. The Morgan fingerprint density at radius 2 is 2.23 bits per heavy atom. The van der Waals surface area contributed by atoms with Crippen LogP contribution in [-0.2, 0) is 11.2 Å². The summed E-state index contributed by atoms with van der Waals surface area (Å²) < 4.78 is 5.66. The van der Waals surface area contributed by atoms with Crippen molar-refractivity contribution in [2.75, 3.05) is 39.4 Å². The highest BCUT2D eigenvalue weighted by molar-refractivity contribution is 5.84. The van der Waals surface area contributed by atoms with E-state index in [1.54, 1.807) is 0 Å². The Morgan fingerprint density at radius 3 is 3.04 bits per heavy atom. The van der Waals surface area contributed by atoms with Gasteiger partial charge in [0.05, 0.1) is 6.61 Å². The Bertz CT molecular complexity index is 788. The molecule has 5 nitrogen and oxygen atoms in total. The lowest BCUT2D eigenvalue weighted by atomic mass is 9.87. The van der Waals surface area contributed by atoms with E-state index in [4.69, 9.17) is 9.73 Å². The van der Waals surface area contributed by atoms with Crippen LogP contribution < -0.4 is 5.32 Å². The third kappa shape index (κ3) is 3.32. The number of rotatable bonds is 4. The predicted octanol–water partition coefficient (Wildman–Crippen LogP) is 3.10. The first kappa shape index (κ1) is 17.4. The van der Waals surface area contributed by atoms with Crippen molar-refractivity contribution in [2.45, 2.75) is 33.1 Å². The molecule has 1 spiro atoms. The van der Waals surface area contributed by atoms with E-state index in [0.29, 0.717) is 5.41 Å². The molecule has 1 unspecified atom stereocenters. The number of ether oxygens (including phenoxy) is 1. The molecule has 0 radical (unpaired) electrons. The zero-order valence-corrected chi connectivity index (χ0v) is 16.0. The third-order valence-corrected chi connectivity index (χ3v) is 5.91. The maximum absolute atomic E-state index is 5.66. The summed E-state index contributed by atoms with van der Waals surface area (Å²) in [7, 11) is 0. The van der Waals surface area contributed by atoms with E-state index in [1.807, 2.05) is 0 Å². The van der Waals surface area contributed by atoms with Gasteiger partial charge < -0.3 is 19.9 Å². The zero-order chi connectivity index (χ0) is 18.0. The summed E-state index contributed by atoms with van der Waals surface area (Å²) in [5.41, 5.74) is 4.24. The Labute approximate surface area is 155 Å². The average molecular weight is 354 g/mol. The third-order valence-electron chi connectivity index (χ3n) is 5.91. The number of hydrogen-bond donors (Lipinski definition) is 2. The van der Waals surface area contributed by atoms with E-state index >= 15 is 0 Å². The lowest BCUT2D eigenvalue weighted by Gasteiger charge is -2.25. The molecule has 2 aliphatic rings. The Balaban J connectivity index is 1.45. The molecule has 2 N–H and O–H groups in total. The Hall–Kier alpha value is -2.01. The maximum atomic E-state index is 5.66. The molecule has 4 rings (SSSR count). The predicted molar refractivity (Wildman–Crippen MR) is 107 cm³/mol. The van der Waals surface area contributed by atoms with Gasteiger partial charge in [-0.3, -0.25) is 4.99 Å². The lowest BCUT2D eigenvalue weighted by Crippen LogP contribution is -2.41. The van der Waals surface area contributed by atoms with Crippen molar-refractivity contribution in [3.63, 3.8) is 0 Å². The molecule has 2 saturated heterocycles. The summed E-state index contributed by atoms with van der Waals surface area (Å²) in [6.07, 6.45) is 3.38. The number of aliphatic imine (C=N–C) groups is 1. The van der Waals surface area contributed by atoms with Gasteiger partial charge >= 0.3 is 0 Å². The number of H-pyrrole nitrogens is 1. The molecular weight excluding hydrogens is 324 g/mol. The van der Waals surface area contributed by atoms with E-state index in [9.17, 15) is 0 Å². The van der Waals surface area contributed by atoms with E-state index in [0.717, 1.165) is 51.8 Å². The topological polar surface area (TPSA) is 52.7 Å². The van der Waals surface area contributed by atoms with Gasteiger partial charge in [-0.1, -0.05) is 18.2 Å². The molecule has 2 aliphatic heterocycles. The monoisotopic (exact) mass is 354 g/mol. The fourth-order valence-corrected chi connectivity index (χ4v) is 4.44. The normalized spacial score (nSPS) is 23.5. The lowest BCUT2D eigenvalue weighted by molar-refractivity contribution is 0.156. The summed E-state index contributed by atoms with van der Waals surface area (Å²) in [6, 6.07) is 8.54. The van der Waals surface area contributed by atoms with Gasteiger partial charge in [0.15, 0.2) is 5.96 Å². The van der Waals surface area contributed by atoms with Crippen LogP contribution in [0.2, 0.25) is 0 Å². The van der Waals surface area contributed by atoms with Crippen molar-refractivity contribution in [3.8, 4) is 0 Å².